The minimum absolute atomic E-state index is 0.0164. The summed E-state index contributed by atoms with van der Waals surface area (Å²) in [4.78, 5) is 22.3. The summed E-state index contributed by atoms with van der Waals surface area (Å²) in [5.74, 6) is 3.75. The fraction of sp³-hybridized carbons (Fsp3) is 0.538. The number of terminal acetylenes is 2. The predicted octanol–water partition coefficient (Wildman–Crippen LogP) is 1.15. The van der Waals surface area contributed by atoms with Crippen molar-refractivity contribution in [1.29, 1.82) is 0 Å². The van der Waals surface area contributed by atoms with Crippen molar-refractivity contribution in [1.82, 2.24) is 0 Å². The van der Waals surface area contributed by atoms with Crippen LogP contribution in [0.5, 0.6) is 0 Å². The third-order valence-corrected chi connectivity index (χ3v) is 1.99. The van der Waals surface area contributed by atoms with Crippen molar-refractivity contribution in [2.75, 3.05) is 13.2 Å². The molecule has 4 heteroatoms. The molecule has 0 bridgehead atoms. The van der Waals surface area contributed by atoms with Gasteiger partial charge in [0.1, 0.15) is 0 Å². The number of carbonyl (C=O) groups is 2. The molecule has 0 aliphatic carbocycles. The Morgan fingerprint density at radius 3 is 2.18 bits per heavy atom. The Labute approximate surface area is 102 Å². The third-order valence-electron chi connectivity index (χ3n) is 1.99. The Bertz CT molecular complexity index is 332. The fourth-order valence-corrected chi connectivity index (χ4v) is 1.13. The second kappa shape index (κ2) is 9.30. The normalized spacial score (nSPS) is 10.8. The van der Waals surface area contributed by atoms with E-state index in [1.807, 2.05) is 6.92 Å². The molecule has 0 saturated heterocycles. The van der Waals surface area contributed by atoms with Gasteiger partial charge in [0.25, 0.3) is 0 Å². The van der Waals surface area contributed by atoms with Gasteiger partial charge in [0, 0.05) is 12.8 Å². The van der Waals surface area contributed by atoms with Crippen molar-refractivity contribution in [3.05, 3.63) is 0 Å². The average Bonchev–Trinajstić information content (AvgIpc) is 2.31. The van der Waals surface area contributed by atoms with Gasteiger partial charge in [0.2, 0.25) is 0 Å². The number of carbonyl (C=O) groups excluding carboxylic acids is 2. The topological polar surface area (TPSA) is 52.6 Å². The van der Waals surface area contributed by atoms with Crippen LogP contribution in [0.4, 0.5) is 0 Å². The minimum Gasteiger partial charge on any atom is -0.452 e. The van der Waals surface area contributed by atoms with Gasteiger partial charge in [0.05, 0.1) is 0 Å². The maximum Gasteiger partial charge on any atom is 0.307 e. The molecule has 1 atom stereocenters. The maximum absolute atomic E-state index is 11.2. The molecule has 4 nitrogen and oxygen atoms in total. The van der Waals surface area contributed by atoms with Crippen LogP contribution in [0, 0.1) is 30.6 Å². The first-order valence-electron chi connectivity index (χ1n) is 5.28. The van der Waals surface area contributed by atoms with Crippen molar-refractivity contribution < 1.29 is 19.1 Å². The van der Waals surface area contributed by atoms with Gasteiger partial charge in [-0.2, -0.15) is 0 Å². The summed E-state index contributed by atoms with van der Waals surface area (Å²) in [6, 6.07) is 0. The lowest BCUT2D eigenvalue weighted by Crippen LogP contribution is -2.12. The van der Waals surface area contributed by atoms with Gasteiger partial charge in [-0.1, -0.05) is 18.8 Å². The van der Waals surface area contributed by atoms with E-state index in [1.165, 1.54) is 0 Å². The highest BCUT2D eigenvalue weighted by molar-refractivity contribution is 5.71. The summed E-state index contributed by atoms with van der Waals surface area (Å²) in [6.07, 6.45) is 10.9. The smallest absolute Gasteiger partial charge is 0.307 e. The van der Waals surface area contributed by atoms with Crippen molar-refractivity contribution in [3.63, 3.8) is 0 Å². The maximum atomic E-state index is 11.2. The van der Waals surface area contributed by atoms with E-state index in [4.69, 9.17) is 22.3 Å². The highest BCUT2D eigenvalue weighted by Crippen LogP contribution is 2.11. The van der Waals surface area contributed by atoms with Gasteiger partial charge in [0.15, 0.2) is 13.2 Å². The largest absolute Gasteiger partial charge is 0.452 e. The first-order chi connectivity index (χ1) is 8.10. The minimum atomic E-state index is -0.355. The molecule has 0 aromatic heterocycles. The average molecular weight is 236 g/mol. The van der Waals surface area contributed by atoms with Crippen molar-refractivity contribution in [3.8, 4) is 24.7 Å². The molecule has 0 saturated carbocycles. The third kappa shape index (κ3) is 9.02. The van der Waals surface area contributed by atoms with Crippen LogP contribution in [0.3, 0.4) is 0 Å². The number of esters is 2. The second-order valence-corrected chi connectivity index (χ2v) is 3.58. The Hall–Kier alpha value is -1.94. The van der Waals surface area contributed by atoms with Crippen molar-refractivity contribution in [2.45, 2.75) is 26.2 Å². The summed E-state index contributed by atoms with van der Waals surface area (Å²) in [5, 5.41) is 0. The van der Waals surface area contributed by atoms with Crippen LogP contribution in [0.25, 0.3) is 0 Å². The Morgan fingerprint density at radius 2 is 1.65 bits per heavy atom. The summed E-state index contributed by atoms with van der Waals surface area (Å²) in [6.45, 7) is 1.82. The van der Waals surface area contributed by atoms with Gasteiger partial charge >= 0.3 is 11.9 Å². The molecule has 0 aromatic carbocycles. The van der Waals surface area contributed by atoms with E-state index >= 15 is 0 Å². The van der Waals surface area contributed by atoms with Crippen LogP contribution in [-0.2, 0) is 19.1 Å². The predicted molar refractivity (Wildman–Crippen MR) is 62.6 cm³/mol. The molecule has 1 unspecified atom stereocenters. The monoisotopic (exact) mass is 236 g/mol. The Morgan fingerprint density at radius 1 is 1.12 bits per heavy atom. The SMILES string of the molecule is C#CCOC(=O)CCC(C)CC(=O)OCC#C. The van der Waals surface area contributed by atoms with Crippen LogP contribution < -0.4 is 0 Å². The molecule has 0 fully saturated rings. The van der Waals surface area contributed by atoms with Crippen molar-refractivity contribution >= 4 is 11.9 Å². The number of ether oxygens (including phenoxy) is 2. The summed E-state index contributed by atoms with van der Waals surface area (Å²) in [5.41, 5.74) is 0. The number of hydrogen-bond acceptors (Lipinski definition) is 4. The van der Waals surface area contributed by atoms with Crippen molar-refractivity contribution in [2.24, 2.45) is 5.92 Å². The van der Waals surface area contributed by atoms with E-state index in [2.05, 4.69) is 11.8 Å². The lowest BCUT2D eigenvalue weighted by molar-refractivity contribution is -0.145. The molecule has 17 heavy (non-hydrogen) atoms. The van der Waals surface area contributed by atoms with Gasteiger partial charge in [-0.15, -0.1) is 12.8 Å². The van der Waals surface area contributed by atoms with Gasteiger partial charge < -0.3 is 9.47 Å². The lowest BCUT2D eigenvalue weighted by Gasteiger charge is -2.09. The summed E-state index contributed by atoms with van der Waals surface area (Å²) in [7, 11) is 0. The zero-order valence-electron chi connectivity index (χ0n) is 9.90. The number of rotatable bonds is 7. The van der Waals surface area contributed by atoms with E-state index < -0.39 is 0 Å². The second-order valence-electron chi connectivity index (χ2n) is 3.58. The molecule has 0 N–H and O–H groups in total. The van der Waals surface area contributed by atoms with E-state index in [0.717, 1.165) is 0 Å². The highest BCUT2D eigenvalue weighted by Gasteiger charge is 2.12. The van der Waals surface area contributed by atoms with Gasteiger partial charge in [-0.3, -0.25) is 9.59 Å². The summed E-state index contributed by atoms with van der Waals surface area (Å²) < 4.78 is 9.41. The van der Waals surface area contributed by atoms with Gasteiger partial charge in [-0.25, -0.2) is 0 Å². The Kier molecular flexibility index (Phi) is 8.24. The number of hydrogen-bond donors (Lipinski definition) is 0. The fourth-order valence-electron chi connectivity index (χ4n) is 1.13. The molecule has 0 amide bonds. The van der Waals surface area contributed by atoms with Crippen LogP contribution in [-0.4, -0.2) is 25.2 Å². The quantitative estimate of drug-likeness (QED) is 0.491. The van der Waals surface area contributed by atoms with E-state index in [0.29, 0.717) is 6.42 Å². The molecule has 0 aromatic rings. The lowest BCUT2D eigenvalue weighted by atomic mass is 10.0. The molecule has 0 radical (unpaired) electrons. The molecule has 0 aliphatic heterocycles. The molecule has 0 rings (SSSR count). The first-order valence-corrected chi connectivity index (χ1v) is 5.28. The van der Waals surface area contributed by atoms with Crippen LogP contribution in [0.2, 0.25) is 0 Å². The molecular weight excluding hydrogens is 220 g/mol. The molecule has 92 valence electrons. The van der Waals surface area contributed by atoms with Crippen LogP contribution in [0.1, 0.15) is 26.2 Å². The van der Waals surface area contributed by atoms with Crippen LogP contribution in [0.15, 0.2) is 0 Å². The molecule has 0 heterocycles. The zero-order valence-corrected chi connectivity index (χ0v) is 9.90. The van der Waals surface area contributed by atoms with Gasteiger partial charge in [-0.05, 0) is 12.3 Å². The Balaban J connectivity index is 3.69. The standard InChI is InChI=1S/C13H16O4/c1-4-8-16-12(14)7-6-11(3)10-13(15)17-9-5-2/h1-2,11H,6-10H2,3H3. The van der Waals surface area contributed by atoms with E-state index in [-0.39, 0.29) is 43.9 Å². The molecule has 0 spiro atoms. The van der Waals surface area contributed by atoms with Crippen LogP contribution >= 0.6 is 0 Å². The summed E-state index contributed by atoms with van der Waals surface area (Å²) >= 11 is 0. The first kappa shape index (κ1) is 15.1. The zero-order chi connectivity index (χ0) is 13.1. The molecule has 0 aliphatic rings. The molecular formula is C13H16O4. The van der Waals surface area contributed by atoms with E-state index in [1.54, 1.807) is 0 Å². The van der Waals surface area contributed by atoms with E-state index in [9.17, 15) is 9.59 Å². The highest BCUT2D eigenvalue weighted by atomic mass is 16.5.